The monoisotopic (exact) mass is 588 g/mol. The second-order valence-corrected chi connectivity index (χ2v) is 12.8. The Balaban J connectivity index is 1.20. The van der Waals surface area contributed by atoms with Crippen molar-refractivity contribution in [1.82, 2.24) is 0 Å². The van der Waals surface area contributed by atoms with Crippen LogP contribution < -0.4 is 0 Å². The molecular weight excluding hydrogens is 561 g/mol. The number of hydrogen-bond donors (Lipinski definition) is 0. The van der Waals surface area contributed by atoms with Crippen molar-refractivity contribution in [1.29, 1.82) is 0 Å². The molecule has 0 aliphatic heterocycles. The molecule has 0 fully saturated rings. The van der Waals surface area contributed by atoms with Crippen molar-refractivity contribution < 1.29 is 0 Å². The van der Waals surface area contributed by atoms with Crippen LogP contribution in [0.15, 0.2) is 170 Å². The number of hydrogen-bond acceptors (Lipinski definition) is 1. The third kappa shape index (κ3) is 4.44. The third-order valence-electron chi connectivity index (χ3n) is 9.09. The van der Waals surface area contributed by atoms with E-state index in [4.69, 9.17) is 0 Å². The minimum absolute atomic E-state index is 1.23. The van der Waals surface area contributed by atoms with Crippen LogP contribution in [0.25, 0.3) is 86.6 Å². The van der Waals surface area contributed by atoms with Gasteiger partial charge in [0.05, 0.1) is 0 Å². The fraction of sp³-hybridized carbons (Fsp3) is 0. The van der Waals surface area contributed by atoms with E-state index in [2.05, 4.69) is 170 Å². The summed E-state index contributed by atoms with van der Waals surface area (Å²) in [4.78, 5) is 2.58. The lowest BCUT2D eigenvalue weighted by Gasteiger charge is -2.18. The highest BCUT2D eigenvalue weighted by atomic mass is 32.1. The Kier molecular flexibility index (Phi) is 6.11. The van der Waals surface area contributed by atoms with Crippen molar-refractivity contribution in [2.75, 3.05) is 0 Å². The first kappa shape index (κ1) is 25.9. The van der Waals surface area contributed by atoms with E-state index < -0.39 is 0 Å². The second-order valence-electron chi connectivity index (χ2n) is 11.7. The molecule has 1 heteroatoms. The first-order valence-electron chi connectivity index (χ1n) is 15.4. The molecular formula is C44H28S. The Bertz CT molecular complexity index is 2420. The van der Waals surface area contributed by atoms with Crippen LogP contribution in [0, 0.1) is 0 Å². The van der Waals surface area contributed by atoms with Crippen molar-refractivity contribution >= 4 is 43.7 Å². The molecule has 0 aliphatic carbocycles. The number of rotatable bonds is 5. The maximum Gasteiger partial charge on any atom is 0.0349 e. The van der Waals surface area contributed by atoms with Crippen LogP contribution in [-0.2, 0) is 0 Å². The third-order valence-corrected chi connectivity index (χ3v) is 10.3. The van der Waals surface area contributed by atoms with Gasteiger partial charge in [0.1, 0.15) is 0 Å². The average Bonchev–Trinajstić information content (AvgIpc) is 3.62. The van der Waals surface area contributed by atoms with Gasteiger partial charge >= 0.3 is 0 Å². The van der Waals surface area contributed by atoms with Crippen molar-refractivity contribution in [2.45, 2.75) is 0 Å². The van der Waals surface area contributed by atoms with Gasteiger partial charge in [0, 0.05) is 9.75 Å². The standard InChI is InChI=1S/C44H28S/c1-3-8-29(9-4-1)30-14-16-31(17-15-30)39-28-40(38-25-23-36-13-7-12-35-22-24-37(39)44(38)43(35)36)32-18-20-34(21-19-32)42-27-26-41(45-42)33-10-5-2-6-11-33/h1-28H. The van der Waals surface area contributed by atoms with Gasteiger partial charge < -0.3 is 0 Å². The number of benzene rings is 8. The smallest absolute Gasteiger partial charge is 0.0349 e. The molecule has 1 heterocycles. The van der Waals surface area contributed by atoms with E-state index in [1.807, 2.05) is 11.3 Å². The van der Waals surface area contributed by atoms with Crippen LogP contribution in [0.3, 0.4) is 0 Å². The first-order chi connectivity index (χ1) is 22.3. The summed E-state index contributed by atoms with van der Waals surface area (Å²) in [6.45, 7) is 0. The summed E-state index contributed by atoms with van der Waals surface area (Å²) in [5.74, 6) is 0. The van der Waals surface area contributed by atoms with E-state index in [-0.39, 0.29) is 0 Å². The van der Waals surface area contributed by atoms with Crippen LogP contribution in [0.4, 0.5) is 0 Å². The summed E-state index contributed by atoms with van der Waals surface area (Å²) in [5, 5.41) is 7.87. The molecule has 0 aliphatic rings. The minimum Gasteiger partial charge on any atom is -0.135 e. The normalized spacial score (nSPS) is 11.6. The van der Waals surface area contributed by atoms with Gasteiger partial charge in [0.2, 0.25) is 0 Å². The summed E-state index contributed by atoms with van der Waals surface area (Å²) in [5.41, 5.74) is 9.99. The van der Waals surface area contributed by atoms with Gasteiger partial charge in [-0.3, -0.25) is 0 Å². The molecule has 0 atom stereocenters. The Hall–Kier alpha value is -5.50. The molecule has 9 rings (SSSR count). The van der Waals surface area contributed by atoms with E-state index in [0.29, 0.717) is 0 Å². The molecule has 210 valence electrons. The van der Waals surface area contributed by atoms with Crippen molar-refractivity contribution in [3.63, 3.8) is 0 Å². The zero-order chi connectivity index (χ0) is 29.7. The molecule has 0 saturated carbocycles. The molecule has 0 amide bonds. The largest absolute Gasteiger partial charge is 0.135 e. The Morgan fingerprint density at radius 2 is 0.733 bits per heavy atom. The van der Waals surface area contributed by atoms with E-state index in [9.17, 15) is 0 Å². The molecule has 45 heavy (non-hydrogen) atoms. The lowest BCUT2D eigenvalue weighted by molar-refractivity contribution is 1.60. The lowest BCUT2D eigenvalue weighted by atomic mass is 9.85. The fourth-order valence-corrected chi connectivity index (χ4v) is 7.86. The molecule has 0 N–H and O–H groups in total. The fourth-order valence-electron chi connectivity index (χ4n) is 6.85. The average molecular weight is 589 g/mol. The van der Waals surface area contributed by atoms with Crippen LogP contribution in [0.5, 0.6) is 0 Å². The first-order valence-corrected chi connectivity index (χ1v) is 16.2. The second kappa shape index (κ2) is 10.6. The summed E-state index contributed by atoms with van der Waals surface area (Å²) in [7, 11) is 0. The highest BCUT2D eigenvalue weighted by Crippen LogP contribution is 2.44. The van der Waals surface area contributed by atoms with Gasteiger partial charge in [-0.25, -0.2) is 0 Å². The number of thiophene rings is 1. The highest BCUT2D eigenvalue weighted by molar-refractivity contribution is 7.18. The predicted octanol–water partition coefficient (Wildman–Crippen LogP) is 13.0. The van der Waals surface area contributed by atoms with Crippen LogP contribution in [0.2, 0.25) is 0 Å². The van der Waals surface area contributed by atoms with E-state index in [1.165, 1.54) is 86.6 Å². The zero-order valence-corrected chi connectivity index (χ0v) is 25.4. The molecule has 0 bridgehead atoms. The predicted molar refractivity (Wildman–Crippen MR) is 195 cm³/mol. The lowest BCUT2D eigenvalue weighted by Crippen LogP contribution is -1.91. The highest BCUT2D eigenvalue weighted by Gasteiger charge is 2.17. The van der Waals surface area contributed by atoms with Crippen molar-refractivity contribution in [2.24, 2.45) is 0 Å². The van der Waals surface area contributed by atoms with E-state index in [0.717, 1.165) is 0 Å². The molecule has 0 spiro atoms. The van der Waals surface area contributed by atoms with E-state index in [1.54, 1.807) is 0 Å². The van der Waals surface area contributed by atoms with Gasteiger partial charge in [0.25, 0.3) is 0 Å². The molecule has 0 nitrogen and oxygen atoms in total. The zero-order valence-electron chi connectivity index (χ0n) is 24.6. The summed E-state index contributed by atoms with van der Waals surface area (Å²) < 4.78 is 0. The van der Waals surface area contributed by atoms with Gasteiger partial charge in [-0.05, 0) is 95.0 Å². The summed E-state index contributed by atoms with van der Waals surface area (Å²) >= 11 is 1.85. The molecule has 0 unspecified atom stereocenters. The van der Waals surface area contributed by atoms with E-state index >= 15 is 0 Å². The van der Waals surface area contributed by atoms with Crippen LogP contribution >= 0.6 is 11.3 Å². The SMILES string of the molecule is c1ccc(-c2ccc(-c3cc(-c4ccc(-c5ccc(-c6ccccc6)s5)cc4)c4ccc5cccc6ccc3c4c65)cc2)cc1. The van der Waals surface area contributed by atoms with Gasteiger partial charge in [0.15, 0.2) is 0 Å². The molecule has 1 aromatic heterocycles. The Labute approximate surface area is 266 Å². The topological polar surface area (TPSA) is 0 Å². The van der Waals surface area contributed by atoms with Crippen LogP contribution in [-0.4, -0.2) is 0 Å². The van der Waals surface area contributed by atoms with Gasteiger partial charge in [-0.2, -0.15) is 0 Å². The Morgan fingerprint density at radius 3 is 1.29 bits per heavy atom. The maximum absolute atomic E-state index is 2.41. The maximum atomic E-state index is 2.41. The summed E-state index contributed by atoms with van der Waals surface area (Å²) in [6.07, 6.45) is 0. The molecule has 0 radical (unpaired) electrons. The quantitative estimate of drug-likeness (QED) is 0.175. The molecule has 0 saturated heterocycles. The molecule has 8 aromatic carbocycles. The minimum atomic E-state index is 1.23. The van der Waals surface area contributed by atoms with Crippen molar-refractivity contribution in [3.8, 4) is 54.3 Å². The summed E-state index contributed by atoms with van der Waals surface area (Å²) in [6, 6.07) is 62.2. The Morgan fingerprint density at radius 1 is 0.289 bits per heavy atom. The molecule has 9 aromatic rings. The van der Waals surface area contributed by atoms with Gasteiger partial charge in [-0.15, -0.1) is 11.3 Å². The van der Waals surface area contributed by atoms with Crippen molar-refractivity contribution in [3.05, 3.63) is 170 Å². The van der Waals surface area contributed by atoms with Crippen LogP contribution in [0.1, 0.15) is 0 Å². The van der Waals surface area contributed by atoms with Gasteiger partial charge in [-0.1, -0.05) is 152 Å².